The molecule has 0 saturated heterocycles. The Morgan fingerprint density at radius 2 is 1.55 bits per heavy atom. The zero-order valence-electron chi connectivity index (χ0n) is 14.7. The summed E-state index contributed by atoms with van der Waals surface area (Å²) in [6, 6.07) is 8.51. The van der Waals surface area contributed by atoms with E-state index in [4.69, 9.17) is 0 Å². The maximum absolute atomic E-state index is 4.48. The van der Waals surface area contributed by atoms with Crippen molar-refractivity contribution < 1.29 is 4.90 Å². The topological polar surface area (TPSA) is 26.5 Å². The summed E-state index contributed by atoms with van der Waals surface area (Å²) in [4.78, 5) is 5.45. The number of rotatable bonds is 8. The number of nitrogens with zero attached hydrogens (tertiary/aromatic N) is 4. The molecule has 0 aliphatic heterocycles. The van der Waals surface area contributed by atoms with E-state index in [-0.39, 0.29) is 0 Å². The van der Waals surface area contributed by atoms with Gasteiger partial charge in [0.1, 0.15) is 6.20 Å². The largest absolute Gasteiger partial charge is 0.379 e. The number of hydrogen-bond acceptors (Lipinski definition) is 4. The van der Waals surface area contributed by atoms with Gasteiger partial charge < -0.3 is 9.80 Å². The molecule has 0 fully saturated rings. The van der Waals surface area contributed by atoms with Crippen LogP contribution in [-0.4, -0.2) is 52.5 Å². The molecule has 0 amide bonds. The van der Waals surface area contributed by atoms with Crippen molar-refractivity contribution in [3.05, 3.63) is 36.7 Å². The average Bonchev–Trinajstić information content (AvgIpc) is 2.52. The Balaban J connectivity index is 2.67. The van der Waals surface area contributed by atoms with Gasteiger partial charge in [0.15, 0.2) is 0 Å². The lowest BCUT2D eigenvalue weighted by Crippen LogP contribution is -3.03. The van der Waals surface area contributed by atoms with Crippen LogP contribution in [0.2, 0.25) is 0 Å². The maximum Gasteiger partial charge on any atom is 0.210 e. The summed E-state index contributed by atoms with van der Waals surface area (Å²) in [5.41, 5.74) is 2.33. The second-order valence-electron chi connectivity index (χ2n) is 5.48. The van der Waals surface area contributed by atoms with Gasteiger partial charge in [-0.15, -0.1) is 5.10 Å². The number of nitrogens with one attached hydrogen (secondary N) is 1. The molecular weight excluding hydrogens is 274 g/mol. The summed E-state index contributed by atoms with van der Waals surface area (Å²) in [6.07, 6.45) is 5.93. The van der Waals surface area contributed by atoms with Crippen LogP contribution in [-0.2, 0) is 0 Å². The van der Waals surface area contributed by atoms with E-state index in [9.17, 15) is 0 Å². The summed E-state index contributed by atoms with van der Waals surface area (Å²) in [5.74, 6) is 0. The van der Waals surface area contributed by atoms with Crippen molar-refractivity contribution in [2.75, 3.05) is 51.2 Å². The fourth-order valence-corrected chi connectivity index (χ4v) is 2.02. The number of benzene rings is 1. The molecule has 0 heterocycles. The highest BCUT2D eigenvalue weighted by atomic mass is 15.5. The van der Waals surface area contributed by atoms with E-state index in [2.05, 4.69) is 48.1 Å². The van der Waals surface area contributed by atoms with Gasteiger partial charge >= 0.3 is 0 Å². The van der Waals surface area contributed by atoms with Gasteiger partial charge in [-0.05, 0) is 38.1 Å². The molecule has 0 spiro atoms. The van der Waals surface area contributed by atoms with Crippen molar-refractivity contribution in [3.63, 3.8) is 0 Å². The normalized spacial score (nSPS) is 12.8. The first-order valence-electron chi connectivity index (χ1n) is 7.78. The third-order valence-electron chi connectivity index (χ3n) is 3.42. The molecule has 5 heteroatoms. The highest BCUT2D eigenvalue weighted by Gasteiger charge is 2.03. The van der Waals surface area contributed by atoms with Gasteiger partial charge in [-0.1, -0.05) is 0 Å². The third kappa shape index (κ3) is 5.77. The molecule has 1 aromatic carbocycles. The zero-order valence-corrected chi connectivity index (χ0v) is 14.7. The Kier molecular flexibility index (Phi) is 7.46. The maximum atomic E-state index is 4.48. The third-order valence-corrected chi connectivity index (χ3v) is 3.42. The van der Waals surface area contributed by atoms with Gasteiger partial charge in [0.25, 0.3) is 0 Å². The lowest BCUT2D eigenvalue weighted by atomic mass is 10.2. The van der Waals surface area contributed by atoms with Crippen molar-refractivity contribution in [3.8, 4) is 0 Å². The molecule has 0 bridgehead atoms. The van der Waals surface area contributed by atoms with Crippen LogP contribution in [0.25, 0.3) is 0 Å². The fourth-order valence-electron chi connectivity index (χ4n) is 2.02. The molecule has 5 nitrogen and oxygen atoms in total. The molecule has 0 radical (unpaired) electrons. The lowest BCUT2D eigenvalue weighted by molar-refractivity contribution is -0.713. The molecule has 1 atom stereocenters. The van der Waals surface area contributed by atoms with E-state index in [1.807, 2.05) is 56.8 Å². The second-order valence-corrected chi connectivity index (χ2v) is 5.48. The van der Waals surface area contributed by atoms with Crippen molar-refractivity contribution >= 4 is 17.7 Å². The monoisotopic (exact) mass is 304 g/mol. The molecule has 1 unspecified atom stereocenters. The van der Waals surface area contributed by atoms with Gasteiger partial charge in [0, 0.05) is 39.9 Å². The molecule has 1 N–H and O–H groups in total. The van der Waals surface area contributed by atoms with Crippen LogP contribution in [0, 0.1) is 0 Å². The Bertz CT molecular complexity index is 474. The standard InChI is InChI=1S/C17H29N5/c1-7-22(8-2)17-11-9-16(10-12-17)21(6)18-15-20(5)14-13-19(3)4/h9-15H,7-8H2,1-6H3/p+1/b14-13-,18-15+. The number of quaternary nitrogens is 1. The Hall–Kier alpha value is -2.01. The molecule has 0 saturated carbocycles. The second kappa shape index (κ2) is 9.10. The minimum Gasteiger partial charge on any atom is -0.379 e. The first-order valence-corrected chi connectivity index (χ1v) is 7.78. The Labute approximate surface area is 135 Å². The van der Waals surface area contributed by atoms with E-state index < -0.39 is 0 Å². The number of hydrogen-bond donors (Lipinski definition) is 1. The smallest absolute Gasteiger partial charge is 0.210 e. The molecule has 0 aliphatic rings. The summed E-state index contributed by atoms with van der Waals surface area (Å²) in [5, 5.41) is 6.36. The van der Waals surface area contributed by atoms with Gasteiger partial charge in [-0.3, -0.25) is 9.91 Å². The average molecular weight is 304 g/mol. The van der Waals surface area contributed by atoms with Gasteiger partial charge in [0.05, 0.1) is 18.9 Å². The zero-order chi connectivity index (χ0) is 16.5. The first-order chi connectivity index (χ1) is 10.5. The summed E-state index contributed by atoms with van der Waals surface area (Å²) < 4.78 is 0. The molecule has 122 valence electrons. The van der Waals surface area contributed by atoms with Gasteiger partial charge in [0.2, 0.25) is 6.34 Å². The molecular formula is C17H30N5+. The quantitative estimate of drug-likeness (QED) is 0.447. The van der Waals surface area contributed by atoms with Crippen LogP contribution in [0.5, 0.6) is 0 Å². The van der Waals surface area contributed by atoms with Crippen LogP contribution in [0.4, 0.5) is 11.4 Å². The number of hydrazone groups is 1. The van der Waals surface area contributed by atoms with Crippen LogP contribution in [0.3, 0.4) is 0 Å². The van der Waals surface area contributed by atoms with E-state index in [1.54, 1.807) is 0 Å². The van der Waals surface area contributed by atoms with Gasteiger partial charge in [-0.2, -0.15) is 0 Å². The Morgan fingerprint density at radius 3 is 2.05 bits per heavy atom. The predicted molar refractivity (Wildman–Crippen MR) is 96.6 cm³/mol. The minimum atomic E-state index is 1.02. The van der Waals surface area contributed by atoms with E-state index in [0.29, 0.717) is 0 Å². The van der Waals surface area contributed by atoms with E-state index in [1.165, 1.54) is 5.69 Å². The number of anilines is 2. The summed E-state index contributed by atoms with van der Waals surface area (Å²) >= 11 is 0. The molecule has 1 aromatic rings. The summed E-state index contributed by atoms with van der Waals surface area (Å²) in [6.45, 7) is 6.40. The van der Waals surface area contributed by atoms with Crippen molar-refractivity contribution in [1.29, 1.82) is 0 Å². The van der Waals surface area contributed by atoms with E-state index >= 15 is 0 Å². The molecule has 1 rings (SSSR count). The van der Waals surface area contributed by atoms with Crippen molar-refractivity contribution in [2.24, 2.45) is 5.10 Å². The predicted octanol–water partition coefficient (Wildman–Crippen LogP) is 1.46. The summed E-state index contributed by atoms with van der Waals surface area (Å²) in [7, 11) is 8.02. The van der Waals surface area contributed by atoms with Crippen molar-refractivity contribution in [2.45, 2.75) is 13.8 Å². The minimum absolute atomic E-state index is 1.02. The lowest BCUT2D eigenvalue weighted by Gasteiger charge is -2.22. The molecule has 0 aromatic heterocycles. The highest BCUT2D eigenvalue weighted by Crippen LogP contribution is 2.19. The molecule has 0 aliphatic carbocycles. The van der Waals surface area contributed by atoms with Crippen LogP contribution in [0.1, 0.15) is 13.8 Å². The SMILES string of the molecule is CCN(CC)c1ccc(N(C)/N=C/[NH+](C)/C=C\N(C)C)cc1. The first kappa shape index (κ1) is 18.0. The van der Waals surface area contributed by atoms with Crippen molar-refractivity contribution in [1.82, 2.24) is 4.90 Å². The van der Waals surface area contributed by atoms with Crippen LogP contribution in [0.15, 0.2) is 41.8 Å². The highest BCUT2D eigenvalue weighted by molar-refractivity contribution is 5.57. The molecule has 22 heavy (non-hydrogen) atoms. The van der Waals surface area contributed by atoms with E-state index in [0.717, 1.165) is 23.7 Å². The van der Waals surface area contributed by atoms with Crippen LogP contribution < -0.4 is 14.8 Å². The fraction of sp³-hybridized carbons (Fsp3) is 0.471. The Morgan fingerprint density at radius 1 is 1.00 bits per heavy atom. The van der Waals surface area contributed by atoms with Gasteiger partial charge in [-0.25, -0.2) is 0 Å². The van der Waals surface area contributed by atoms with Crippen LogP contribution >= 0.6 is 0 Å².